The standard InChI is InChI=1S/C13H15ClN4O/c1-7-12(8(2)18(3)17-7)16-13(19)10-5-4-9(15)6-11(10)14/h4-6H,15H2,1-3H3,(H,16,19). The fraction of sp³-hybridized carbons (Fsp3) is 0.231. The highest BCUT2D eigenvalue weighted by atomic mass is 35.5. The molecule has 0 saturated carbocycles. The first-order valence-electron chi connectivity index (χ1n) is 5.76. The van der Waals surface area contributed by atoms with E-state index in [4.69, 9.17) is 17.3 Å². The number of nitrogens with zero attached hydrogens (tertiary/aromatic N) is 2. The van der Waals surface area contributed by atoms with Crippen molar-refractivity contribution in [2.75, 3.05) is 11.1 Å². The molecule has 0 spiro atoms. The van der Waals surface area contributed by atoms with Gasteiger partial charge in [-0.15, -0.1) is 0 Å². The zero-order valence-electron chi connectivity index (χ0n) is 11.0. The molecule has 0 aliphatic rings. The van der Waals surface area contributed by atoms with E-state index >= 15 is 0 Å². The lowest BCUT2D eigenvalue weighted by molar-refractivity contribution is 0.102. The zero-order chi connectivity index (χ0) is 14.2. The Morgan fingerprint density at radius 1 is 1.42 bits per heavy atom. The number of aryl methyl sites for hydroxylation is 2. The maximum absolute atomic E-state index is 12.2. The summed E-state index contributed by atoms with van der Waals surface area (Å²) in [5.41, 5.74) is 8.87. The monoisotopic (exact) mass is 278 g/mol. The van der Waals surface area contributed by atoms with Crippen LogP contribution in [0.25, 0.3) is 0 Å². The first kappa shape index (κ1) is 13.4. The zero-order valence-corrected chi connectivity index (χ0v) is 11.7. The predicted octanol–water partition coefficient (Wildman–Crippen LogP) is 2.52. The van der Waals surface area contributed by atoms with Crippen LogP contribution < -0.4 is 11.1 Å². The van der Waals surface area contributed by atoms with Crippen molar-refractivity contribution >= 4 is 28.9 Å². The maximum atomic E-state index is 12.2. The van der Waals surface area contributed by atoms with Gasteiger partial charge in [-0.2, -0.15) is 5.10 Å². The number of aromatic nitrogens is 2. The Hall–Kier alpha value is -2.01. The normalized spacial score (nSPS) is 10.5. The third-order valence-corrected chi connectivity index (χ3v) is 3.30. The van der Waals surface area contributed by atoms with Crippen LogP contribution in [0.15, 0.2) is 18.2 Å². The number of hydrogen-bond donors (Lipinski definition) is 2. The second-order valence-corrected chi connectivity index (χ2v) is 4.77. The van der Waals surface area contributed by atoms with E-state index in [-0.39, 0.29) is 5.91 Å². The lowest BCUT2D eigenvalue weighted by Crippen LogP contribution is -2.13. The van der Waals surface area contributed by atoms with Gasteiger partial charge in [0.25, 0.3) is 5.91 Å². The molecule has 0 aliphatic heterocycles. The van der Waals surface area contributed by atoms with Crippen LogP contribution in [-0.4, -0.2) is 15.7 Å². The number of carbonyl (C=O) groups is 1. The third kappa shape index (κ3) is 2.56. The number of halogens is 1. The van der Waals surface area contributed by atoms with Gasteiger partial charge in [0.2, 0.25) is 0 Å². The smallest absolute Gasteiger partial charge is 0.257 e. The molecule has 0 radical (unpaired) electrons. The minimum Gasteiger partial charge on any atom is -0.399 e. The highest BCUT2D eigenvalue weighted by Crippen LogP contribution is 2.23. The van der Waals surface area contributed by atoms with Gasteiger partial charge in [-0.05, 0) is 32.0 Å². The summed E-state index contributed by atoms with van der Waals surface area (Å²) in [4.78, 5) is 12.2. The average Bonchev–Trinajstić information content (AvgIpc) is 2.56. The first-order chi connectivity index (χ1) is 8.90. The summed E-state index contributed by atoms with van der Waals surface area (Å²) in [6.45, 7) is 3.73. The van der Waals surface area contributed by atoms with Crippen molar-refractivity contribution in [3.05, 3.63) is 40.2 Å². The SMILES string of the molecule is Cc1nn(C)c(C)c1NC(=O)c1ccc(N)cc1Cl. The van der Waals surface area contributed by atoms with E-state index in [1.807, 2.05) is 20.9 Å². The highest BCUT2D eigenvalue weighted by Gasteiger charge is 2.15. The second kappa shape index (κ2) is 4.93. The van der Waals surface area contributed by atoms with E-state index in [2.05, 4.69) is 10.4 Å². The minimum atomic E-state index is -0.274. The van der Waals surface area contributed by atoms with Crippen LogP contribution in [-0.2, 0) is 7.05 Å². The van der Waals surface area contributed by atoms with Crippen molar-refractivity contribution in [3.63, 3.8) is 0 Å². The molecule has 3 N–H and O–H groups in total. The summed E-state index contributed by atoms with van der Waals surface area (Å²) in [6.07, 6.45) is 0. The molecule has 0 bridgehead atoms. The van der Waals surface area contributed by atoms with Crippen molar-refractivity contribution in [2.24, 2.45) is 7.05 Å². The van der Waals surface area contributed by atoms with E-state index in [0.717, 1.165) is 11.4 Å². The Morgan fingerprint density at radius 2 is 2.11 bits per heavy atom. The average molecular weight is 279 g/mol. The number of nitrogens with two attached hydrogens (primary N) is 1. The van der Waals surface area contributed by atoms with Gasteiger partial charge >= 0.3 is 0 Å². The molecule has 1 aromatic carbocycles. The topological polar surface area (TPSA) is 72.9 Å². The van der Waals surface area contributed by atoms with Crippen molar-refractivity contribution in [1.82, 2.24) is 9.78 Å². The molecule has 1 amide bonds. The van der Waals surface area contributed by atoms with E-state index < -0.39 is 0 Å². The van der Waals surface area contributed by atoms with Crippen LogP contribution >= 0.6 is 11.6 Å². The van der Waals surface area contributed by atoms with Gasteiger partial charge in [-0.3, -0.25) is 9.48 Å². The number of amides is 1. The number of benzene rings is 1. The molecule has 0 fully saturated rings. The molecule has 0 atom stereocenters. The molecule has 0 aliphatic carbocycles. The second-order valence-electron chi connectivity index (χ2n) is 4.36. The summed E-state index contributed by atoms with van der Waals surface area (Å²) >= 11 is 6.01. The van der Waals surface area contributed by atoms with Gasteiger partial charge in [-0.1, -0.05) is 11.6 Å². The van der Waals surface area contributed by atoms with Crippen LogP contribution in [0.1, 0.15) is 21.7 Å². The molecule has 6 heteroatoms. The number of nitrogen functional groups attached to an aromatic ring is 1. The minimum absolute atomic E-state index is 0.274. The van der Waals surface area contributed by atoms with Crippen molar-refractivity contribution < 1.29 is 4.79 Å². The molecule has 0 unspecified atom stereocenters. The number of hydrogen-bond acceptors (Lipinski definition) is 3. The number of anilines is 2. The Kier molecular flexibility index (Phi) is 3.48. The summed E-state index contributed by atoms with van der Waals surface area (Å²) < 4.78 is 1.72. The summed E-state index contributed by atoms with van der Waals surface area (Å²) in [5, 5.41) is 7.40. The van der Waals surface area contributed by atoms with Gasteiger partial charge in [0.05, 0.1) is 27.7 Å². The summed E-state index contributed by atoms with van der Waals surface area (Å²) in [5.74, 6) is -0.274. The fourth-order valence-corrected chi connectivity index (χ4v) is 2.13. The van der Waals surface area contributed by atoms with E-state index in [1.165, 1.54) is 0 Å². The van der Waals surface area contributed by atoms with Crippen molar-refractivity contribution in [3.8, 4) is 0 Å². The van der Waals surface area contributed by atoms with Gasteiger partial charge < -0.3 is 11.1 Å². The van der Waals surface area contributed by atoms with Crippen molar-refractivity contribution in [2.45, 2.75) is 13.8 Å². The van der Waals surface area contributed by atoms with Crippen LogP contribution in [0.5, 0.6) is 0 Å². The molecule has 0 saturated heterocycles. The molecule has 2 rings (SSSR count). The molecule has 1 heterocycles. The Labute approximate surface area is 116 Å². The molecule has 5 nitrogen and oxygen atoms in total. The van der Waals surface area contributed by atoms with Crippen LogP contribution in [0.2, 0.25) is 5.02 Å². The molecular formula is C13H15ClN4O. The Morgan fingerprint density at radius 3 is 2.63 bits per heavy atom. The summed E-state index contributed by atoms with van der Waals surface area (Å²) in [7, 11) is 1.83. The van der Waals surface area contributed by atoms with E-state index in [1.54, 1.807) is 22.9 Å². The van der Waals surface area contributed by atoms with Gasteiger partial charge in [0.15, 0.2) is 0 Å². The number of carbonyl (C=O) groups excluding carboxylic acids is 1. The first-order valence-corrected chi connectivity index (χ1v) is 6.14. The lowest BCUT2D eigenvalue weighted by atomic mass is 10.2. The van der Waals surface area contributed by atoms with Gasteiger partial charge in [-0.25, -0.2) is 0 Å². The maximum Gasteiger partial charge on any atom is 0.257 e. The molecular weight excluding hydrogens is 264 g/mol. The van der Waals surface area contributed by atoms with E-state index in [9.17, 15) is 4.79 Å². The summed E-state index contributed by atoms with van der Waals surface area (Å²) in [6, 6.07) is 4.80. The Balaban J connectivity index is 2.31. The van der Waals surface area contributed by atoms with Gasteiger partial charge in [0.1, 0.15) is 0 Å². The Bertz CT molecular complexity index is 648. The predicted molar refractivity (Wildman–Crippen MR) is 76.5 cm³/mol. The van der Waals surface area contributed by atoms with Crippen LogP contribution in [0.4, 0.5) is 11.4 Å². The fourth-order valence-electron chi connectivity index (χ4n) is 1.85. The third-order valence-electron chi connectivity index (χ3n) is 2.99. The molecule has 2 aromatic rings. The molecule has 19 heavy (non-hydrogen) atoms. The number of rotatable bonds is 2. The van der Waals surface area contributed by atoms with Crippen LogP contribution in [0, 0.1) is 13.8 Å². The lowest BCUT2D eigenvalue weighted by Gasteiger charge is -2.07. The van der Waals surface area contributed by atoms with Crippen LogP contribution in [0.3, 0.4) is 0 Å². The van der Waals surface area contributed by atoms with E-state index in [0.29, 0.717) is 22.0 Å². The molecule has 100 valence electrons. The van der Waals surface area contributed by atoms with Gasteiger partial charge in [0, 0.05) is 12.7 Å². The number of nitrogens with one attached hydrogen (secondary N) is 1. The van der Waals surface area contributed by atoms with Crippen molar-refractivity contribution in [1.29, 1.82) is 0 Å². The quantitative estimate of drug-likeness (QED) is 0.829. The largest absolute Gasteiger partial charge is 0.399 e. The molecule has 1 aromatic heterocycles. The highest BCUT2D eigenvalue weighted by molar-refractivity contribution is 6.34.